The number of hydrogen-bond donors (Lipinski definition) is 3. The van der Waals surface area contributed by atoms with Crippen LogP contribution in [-0.2, 0) is 27.4 Å². The van der Waals surface area contributed by atoms with Crippen molar-refractivity contribution in [2.24, 2.45) is 0 Å². The number of halogens is 4. The highest BCUT2D eigenvalue weighted by atomic mass is 35.5. The van der Waals surface area contributed by atoms with Crippen LogP contribution in [0.3, 0.4) is 0 Å². The van der Waals surface area contributed by atoms with Gasteiger partial charge in [0.15, 0.2) is 10.3 Å². The lowest BCUT2D eigenvalue weighted by Gasteiger charge is -2.29. The smallest absolute Gasteiger partial charge is 0.338 e. The number of anilines is 2. The molecule has 4 aliphatic rings. The fraction of sp³-hybridized carbons (Fsp3) is 0.443. The molecule has 4 aromatic heterocycles. The van der Waals surface area contributed by atoms with Crippen LogP contribution in [0.2, 0.25) is 20.1 Å². The molecule has 4 aromatic carbocycles. The Morgan fingerprint density at radius 3 is 1.37 bits per heavy atom. The number of ether oxygens (including phenoxy) is 5. The molecule has 0 unspecified atom stereocenters. The van der Waals surface area contributed by atoms with E-state index in [0.717, 1.165) is 125 Å². The van der Waals surface area contributed by atoms with Crippen LogP contribution in [0.25, 0.3) is 42.9 Å². The summed E-state index contributed by atoms with van der Waals surface area (Å²) in [7, 11) is 1.38. The largest absolute Gasteiger partial charge is 0.489 e. The number of rotatable bonds is 20. The van der Waals surface area contributed by atoms with Crippen molar-refractivity contribution in [3.63, 3.8) is 0 Å². The highest BCUT2D eigenvalue weighted by molar-refractivity contribution is 7.22. The van der Waals surface area contributed by atoms with Gasteiger partial charge in [-0.25, -0.2) is 19.6 Å². The van der Waals surface area contributed by atoms with Gasteiger partial charge < -0.3 is 48.5 Å². The zero-order valence-corrected chi connectivity index (χ0v) is 51.2. The Bertz CT molecular complexity index is 3590. The van der Waals surface area contributed by atoms with Gasteiger partial charge in [-0.05, 0) is 153 Å². The molecule has 0 atom stereocenters. The van der Waals surface area contributed by atoms with E-state index in [1.807, 2.05) is 70.2 Å². The molecule has 8 aromatic rings. The average Bonchev–Trinajstić information content (AvgIpc) is 4.09. The van der Waals surface area contributed by atoms with Crippen LogP contribution in [0.5, 0.6) is 11.5 Å². The molecule has 83 heavy (non-hydrogen) atoms. The van der Waals surface area contributed by atoms with Gasteiger partial charge in [0.1, 0.15) is 45.4 Å². The van der Waals surface area contributed by atoms with Gasteiger partial charge in [-0.15, -0.1) is 0 Å². The topological polar surface area (TPSA) is 202 Å². The minimum absolute atomic E-state index is 0.0505. The number of carboxylic acids is 1. The van der Waals surface area contributed by atoms with Gasteiger partial charge in [-0.1, -0.05) is 91.5 Å². The lowest BCUT2D eigenvalue weighted by atomic mass is 9.93. The van der Waals surface area contributed by atoms with Crippen molar-refractivity contribution in [2.75, 3.05) is 17.7 Å². The van der Waals surface area contributed by atoms with Crippen LogP contribution >= 0.6 is 69.1 Å². The summed E-state index contributed by atoms with van der Waals surface area (Å²) in [5, 5.41) is 29.2. The number of carbonyl (C=O) groups is 2. The summed E-state index contributed by atoms with van der Waals surface area (Å²) in [6, 6.07) is 18.1. The Hall–Kier alpha value is -5.70. The Morgan fingerprint density at radius 1 is 0.602 bits per heavy atom. The van der Waals surface area contributed by atoms with Gasteiger partial charge >= 0.3 is 11.9 Å². The van der Waals surface area contributed by atoms with E-state index < -0.39 is 11.9 Å². The molecule has 0 amide bonds. The number of aromatic carboxylic acids is 1. The van der Waals surface area contributed by atoms with Crippen molar-refractivity contribution >= 4 is 112 Å². The molecule has 0 bridgehead atoms. The van der Waals surface area contributed by atoms with E-state index in [1.165, 1.54) is 29.8 Å². The van der Waals surface area contributed by atoms with Crippen LogP contribution in [0.4, 0.5) is 10.3 Å². The molecule has 438 valence electrons. The lowest BCUT2D eigenvalue weighted by Crippen LogP contribution is -2.29. The van der Waals surface area contributed by atoms with Gasteiger partial charge in [-0.3, -0.25) is 0 Å². The Kier molecular flexibility index (Phi) is 18.4. The number of methoxy groups -OCH3 is 1. The molecule has 4 heterocycles. The van der Waals surface area contributed by atoms with Crippen LogP contribution in [0, 0.1) is 0 Å². The highest BCUT2D eigenvalue weighted by Gasteiger charge is 2.36. The van der Waals surface area contributed by atoms with Crippen molar-refractivity contribution in [2.45, 2.75) is 166 Å². The molecule has 12 rings (SSSR count). The van der Waals surface area contributed by atoms with Crippen molar-refractivity contribution < 1.29 is 47.4 Å². The number of esters is 1. The summed E-state index contributed by atoms with van der Waals surface area (Å²) in [5.41, 5.74) is 6.69. The summed E-state index contributed by atoms with van der Waals surface area (Å²) in [6.45, 7) is 8.53. The Balaban J connectivity index is 0.000000174. The molecular weight excluding hydrogens is 1180 g/mol. The third kappa shape index (κ3) is 13.9. The summed E-state index contributed by atoms with van der Waals surface area (Å²) in [6.07, 6.45) is 11.9. The first-order valence-electron chi connectivity index (χ1n) is 28.2. The van der Waals surface area contributed by atoms with Gasteiger partial charge in [0.25, 0.3) is 0 Å². The molecule has 16 nitrogen and oxygen atoms in total. The number of hydrogen-bond acceptors (Lipinski definition) is 17. The van der Waals surface area contributed by atoms with Crippen LogP contribution in [0.15, 0.2) is 69.7 Å². The van der Waals surface area contributed by atoms with E-state index in [-0.39, 0.29) is 42.1 Å². The van der Waals surface area contributed by atoms with E-state index in [2.05, 4.69) is 20.9 Å². The molecule has 0 aliphatic heterocycles. The second-order valence-corrected chi connectivity index (χ2v) is 25.8. The SMILES string of the molecule is CC(C)Oc1cc(C(=O)O)cc2sc(NC3CCC(OCc4c(-c5c(Cl)cccc5Cl)noc4C4CC4)CC3)nc12.COC(=O)c1cc(OC(C)C)c2nc(NC3CCC(OCc4c(-c5c(Cl)cccc5Cl)noc4C4CC4)CC3)sc2c1. The fourth-order valence-corrected chi connectivity index (χ4v) is 13.9. The van der Waals surface area contributed by atoms with Crippen molar-refractivity contribution in [1.29, 1.82) is 0 Å². The third-order valence-electron chi connectivity index (χ3n) is 15.2. The maximum atomic E-state index is 12.2. The Morgan fingerprint density at radius 2 is 1.00 bits per heavy atom. The number of benzene rings is 4. The number of carboxylic acid groups (broad SMARTS) is 1. The second kappa shape index (κ2) is 25.9. The first kappa shape index (κ1) is 59.0. The van der Waals surface area contributed by atoms with Gasteiger partial charge in [-0.2, -0.15) is 0 Å². The van der Waals surface area contributed by atoms with Gasteiger partial charge in [0.05, 0.1) is 85.4 Å². The predicted molar refractivity (Wildman–Crippen MR) is 326 cm³/mol. The predicted octanol–water partition coefficient (Wildman–Crippen LogP) is 17.2. The average molecular weight is 1250 g/mol. The first-order chi connectivity index (χ1) is 40.1. The lowest BCUT2D eigenvalue weighted by molar-refractivity contribution is 0.0144. The maximum absolute atomic E-state index is 12.2. The zero-order chi connectivity index (χ0) is 58.1. The van der Waals surface area contributed by atoms with Crippen LogP contribution in [0.1, 0.15) is 160 Å². The van der Waals surface area contributed by atoms with E-state index in [0.29, 0.717) is 90.2 Å². The number of fused-ring (bicyclic) bond motifs is 2. The van der Waals surface area contributed by atoms with E-state index >= 15 is 0 Å². The third-order valence-corrected chi connectivity index (χ3v) is 18.3. The quantitative estimate of drug-likeness (QED) is 0.0608. The molecule has 0 saturated heterocycles. The number of nitrogens with zero attached hydrogens (tertiary/aromatic N) is 4. The van der Waals surface area contributed by atoms with E-state index in [9.17, 15) is 14.7 Å². The van der Waals surface area contributed by atoms with E-state index in [1.54, 1.807) is 18.2 Å². The normalized spacial score (nSPS) is 19.0. The molecule has 0 radical (unpaired) electrons. The van der Waals surface area contributed by atoms with Crippen molar-refractivity contribution in [3.05, 3.63) is 115 Å². The number of carbonyl (C=O) groups excluding carboxylic acids is 1. The molecular formula is C61H64Cl4N6O10S2. The second-order valence-electron chi connectivity index (χ2n) is 22.2. The summed E-state index contributed by atoms with van der Waals surface area (Å²) in [4.78, 5) is 33.4. The maximum Gasteiger partial charge on any atom is 0.338 e. The zero-order valence-electron chi connectivity index (χ0n) is 46.5. The monoisotopic (exact) mass is 1240 g/mol. The van der Waals surface area contributed by atoms with Crippen LogP contribution < -0.4 is 20.1 Å². The minimum Gasteiger partial charge on any atom is -0.489 e. The van der Waals surface area contributed by atoms with Crippen molar-refractivity contribution in [1.82, 2.24) is 20.3 Å². The fourth-order valence-electron chi connectivity index (χ4n) is 10.8. The molecule has 4 saturated carbocycles. The summed E-state index contributed by atoms with van der Waals surface area (Å²) >= 11 is 29.0. The summed E-state index contributed by atoms with van der Waals surface area (Å²) in [5.74, 6) is 2.23. The highest BCUT2D eigenvalue weighted by Crippen LogP contribution is 2.48. The minimum atomic E-state index is -0.987. The molecule has 4 fully saturated rings. The molecule has 22 heteroatoms. The van der Waals surface area contributed by atoms with Gasteiger partial charge in [0.2, 0.25) is 0 Å². The van der Waals surface area contributed by atoms with Crippen molar-refractivity contribution in [3.8, 4) is 34.0 Å². The molecule has 0 spiro atoms. The molecule has 3 N–H and O–H groups in total. The molecule has 4 aliphatic carbocycles. The van der Waals surface area contributed by atoms with Gasteiger partial charge in [0, 0.05) is 46.2 Å². The van der Waals surface area contributed by atoms with Crippen LogP contribution in [-0.4, -0.2) is 80.9 Å². The number of thiazole rings is 2. The van der Waals surface area contributed by atoms with E-state index in [4.69, 9.17) is 89.1 Å². The first-order valence-corrected chi connectivity index (χ1v) is 31.4. The number of nitrogens with one attached hydrogen (secondary N) is 2. The Labute approximate surface area is 508 Å². The standard InChI is InChI=1S/C31H33Cl2N3O5S.C30H31Cl2N3O5S/c1-16(2)40-24-13-18(30(37)38-3)14-25-28(24)35-31(42-25)34-19-9-11-20(12-10-19)39-15-21-27(36-41-29(21)17-7-8-17)26-22(32)5-4-6-23(26)33;1-15(2)39-23-12-17(29(36)37)13-24-27(23)34-30(41-24)33-18-8-10-19(11-9-18)38-14-20-26(35-40-28(20)16-6-7-16)25-21(31)4-3-5-22(25)32/h4-6,13-14,16-17,19-20H,7-12,15H2,1-3H3,(H,34,35);3-5,12-13,15-16,18-19H,6-11,14H2,1-2H3,(H,33,34)(H,36,37). The summed E-state index contributed by atoms with van der Waals surface area (Å²) < 4.78 is 42.9. The number of aromatic nitrogens is 4.